The quantitative estimate of drug-likeness (QED) is 0.748. The van der Waals surface area contributed by atoms with E-state index >= 15 is 0 Å². The van der Waals surface area contributed by atoms with Crippen LogP contribution in [0, 0.1) is 6.92 Å². The molecule has 0 fully saturated rings. The van der Waals surface area contributed by atoms with Crippen molar-refractivity contribution in [1.29, 1.82) is 0 Å². The summed E-state index contributed by atoms with van der Waals surface area (Å²) in [5, 5.41) is 0. The lowest BCUT2D eigenvalue weighted by Gasteiger charge is -2.07. The first-order valence-electron chi connectivity index (χ1n) is 4.67. The Kier molecular flexibility index (Phi) is 4.33. The summed E-state index contributed by atoms with van der Waals surface area (Å²) in [6.45, 7) is 4.24. The highest BCUT2D eigenvalue weighted by atomic mass is 32.2. The summed E-state index contributed by atoms with van der Waals surface area (Å²) >= 11 is 1.84. The van der Waals surface area contributed by atoms with Crippen molar-refractivity contribution in [2.24, 2.45) is 5.73 Å². The summed E-state index contributed by atoms with van der Waals surface area (Å²) in [4.78, 5) is 1.32. The van der Waals surface area contributed by atoms with Crippen molar-refractivity contribution in [3.8, 4) is 0 Å². The monoisotopic (exact) mass is 195 g/mol. The number of nitrogens with two attached hydrogens (primary N) is 1. The van der Waals surface area contributed by atoms with Crippen LogP contribution in [0.25, 0.3) is 0 Å². The fraction of sp³-hybridized carbons (Fsp3) is 0.455. The molecule has 0 aliphatic heterocycles. The Morgan fingerprint density at radius 1 is 1.46 bits per heavy atom. The molecule has 0 amide bonds. The van der Waals surface area contributed by atoms with E-state index in [2.05, 4.69) is 38.1 Å². The van der Waals surface area contributed by atoms with E-state index < -0.39 is 0 Å². The van der Waals surface area contributed by atoms with Gasteiger partial charge >= 0.3 is 0 Å². The minimum atomic E-state index is 0.325. The van der Waals surface area contributed by atoms with Gasteiger partial charge in [-0.1, -0.05) is 24.6 Å². The lowest BCUT2D eigenvalue weighted by Crippen LogP contribution is -2.21. The van der Waals surface area contributed by atoms with Gasteiger partial charge in [0.25, 0.3) is 0 Å². The van der Waals surface area contributed by atoms with Crippen LogP contribution in [-0.4, -0.2) is 11.8 Å². The van der Waals surface area contributed by atoms with Crippen molar-refractivity contribution in [3.63, 3.8) is 0 Å². The first kappa shape index (κ1) is 10.6. The van der Waals surface area contributed by atoms with Crippen molar-refractivity contribution in [2.75, 3.05) is 5.75 Å². The maximum absolute atomic E-state index is 5.84. The standard InChI is InChI=1S/C11H17NS/c1-3-10(12)8-13-11-6-4-5-9(2)7-11/h4-7,10H,3,8,12H2,1-2H3/t10-/m0/s1. The smallest absolute Gasteiger partial charge is 0.0132 e. The molecule has 72 valence electrons. The van der Waals surface area contributed by atoms with Crippen molar-refractivity contribution in [2.45, 2.75) is 31.2 Å². The van der Waals surface area contributed by atoms with Crippen LogP contribution in [0.15, 0.2) is 29.2 Å². The van der Waals surface area contributed by atoms with Gasteiger partial charge in [-0.2, -0.15) is 0 Å². The molecule has 0 aliphatic carbocycles. The number of hydrogen-bond acceptors (Lipinski definition) is 2. The van der Waals surface area contributed by atoms with Gasteiger partial charge in [0.1, 0.15) is 0 Å². The fourth-order valence-electron chi connectivity index (χ4n) is 1.03. The van der Waals surface area contributed by atoms with Crippen molar-refractivity contribution >= 4 is 11.8 Å². The average molecular weight is 195 g/mol. The average Bonchev–Trinajstić information content (AvgIpc) is 2.14. The molecular formula is C11H17NS. The van der Waals surface area contributed by atoms with Crippen LogP contribution in [0.4, 0.5) is 0 Å². The van der Waals surface area contributed by atoms with Crippen LogP contribution in [0.1, 0.15) is 18.9 Å². The highest BCUT2D eigenvalue weighted by molar-refractivity contribution is 7.99. The minimum Gasteiger partial charge on any atom is -0.327 e. The van der Waals surface area contributed by atoms with E-state index in [1.165, 1.54) is 10.5 Å². The van der Waals surface area contributed by atoms with E-state index in [4.69, 9.17) is 5.73 Å². The molecule has 13 heavy (non-hydrogen) atoms. The van der Waals surface area contributed by atoms with Crippen LogP contribution in [-0.2, 0) is 0 Å². The molecule has 0 radical (unpaired) electrons. The Morgan fingerprint density at radius 2 is 2.23 bits per heavy atom. The number of hydrogen-bond donors (Lipinski definition) is 1. The zero-order valence-electron chi connectivity index (χ0n) is 8.29. The van der Waals surface area contributed by atoms with E-state index in [0.29, 0.717) is 6.04 Å². The minimum absolute atomic E-state index is 0.325. The summed E-state index contributed by atoms with van der Waals surface area (Å²) in [5.41, 5.74) is 7.15. The molecule has 0 saturated heterocycles. The predicted octanol–water partition coefficient (Wildman–Crippen LogP) is 2.82. The van der Waals surface area contributed by atoms with E-state index in [-0.39, 0.29) is 0 Å². The summed E-state index contributed by atoms with van der Waals surface area (Å²) in [7, 11) is 0. The second kappa shape index (κ2) is 5.30. The molecule has 0 heterocycles. The summed E-state index contributed by atoms with van der Waals surface area (Å²) in [6.07, 6.45) is 1.05. The lowest BCUT2D eigenvalue weighted by molar-refractivity contribution is 0.725. The molecule has 1 aromatic rings. The van der Waals surface area contributed by atoms with Crippen molar-refractivity contribution in [3.05, 3.63) is 29.8 Å². The largest absolute Gasteiger partial charge is 0.327 e. The molecular weight excluding hydrogens is 178 g/mol. The van der Waals surface area contributed by atoms with Crippen LogP contribution in [0.5, 0.6) is 0 Å². The van der Waals surface area contributed by atoms with Gasteiger partial charge in [0.2, 0.25) is 0 Å². The number of thioether (sulfide) groups is 1. The van der Waals surface area contributed by atoms with E-state index in [1.807, 2.05) is 11.8 Å². The third kappa shape index (κ3) is 3.83. The number of rotatable bonds is 4. The third-order valence-electron chi connectivity index (χ3n) is 1.98. The van der Waals surface area contributed by atoms with Gasteiger partial charge in [0.05, 0.1) is 0 Å². The Balaban J connectivity index is 2.45. The van der Waals surface area contributed by atoms with Gasteiger partial charge in [-0.25, -0.2) is 0 Å². The highest BCUT2D eigenvalue weighted by Crippen LogP contribution is 2.19. The van der Waals surface area contributed by atoms with Crippen molar-refractivity contribution in [1.82, 2.24) is 0 Å². The molecule has 2 heteroatoms. The molecule has 0 aliphatic rings. The SMILES string of the molecule is CC[C@H](N)CSc1cccc(C)c1. The third-order valence-corrected chi connectivity index (χ3v) is 3.16. The van der Waals surface area contributed by atoms with Crippen LogP contribution < -0.4 is 5.73 Å². The summed E-state index contributed by atoms with van der Waals surface area (Å²) < 4.78 is 0. The molecule has 1 nitrogen and oxygen atoms in total. The predicted molar refractivity (Wildman–Crippen MR) is 60.2 cm³/mol. The topological polar surface area (TPSA) is 26.0 Å². The lowest BCUT2D eigenvalue weighted by atomic mass is 10.2. The zero-order chi connectivity index (χ0) is 9.68. The zero-order valence-corrected chi connectivity index (χ0v) is 9.10. The number of aryl methyl sites for hydroxylation is 1. The second-order valence-corrected chi connectivity index (χ2v) is 4.39. The molecule has 2 N–H and O–H groups in total. The van der Waals surface area contributed by atoms with Gasteiger partial charge in [-0.05, 0) is 25.5 Å². The Bertz CT molecular complexity index is 260. The maximum atomic E-state index is 5.84. The van der Waals surface area contributed by atoms with Gasteiger partial charge < -0.3 is 5.73 Å². The first-order valence-corrected chi connectivity index (χ1v) is 5.66. The normalized spacial score (nSPS) is 12.8. The Labute approximate surface area is 84.7 Å². The Hall–Kier alpha value is -0.470. The molecule has 0 saturated carbocycles. The summed E-state index contributed by atoms with van der Waals surface area (Å²) in [6, 6.07) is 8.87. The van der Waals surface area contributed by atoms with Gasteiger partial charge in [-0.3, -0.25) is 0 Å². The van der Waals surface area contributed by atoms with Crippen molar-refractivity contribution < 1.29 is 0 Å². The van der Waals surface area contributed by atoms with Crippen LogP contribution in [0.2, 0.25) is 0 Å². The van der Waals surface area contributed by atoms with Crippen LogP contribution >= 0.6 is 11.8 Å². The maximum Gasteiger partial charge on any atom is 0.0132 e. The van der Waals surface area contributed by atoms with Crippen LogP contribution in [0.3, 0.4) is 0 Å². The first-order chi connectivity index (χ1) is 6.22. The van der Waals surface area contributed by atoms with E-state index in [1.54, 1.807) is 0 Å². The molecule has 0 spiro atoms. The van der Waals surface area contributed by atoms with Gasteiger partial charge in [-0.15, -0.1) is 11.8 Å². The molecule has 1 aromatic carbocycles. The second-order valence-electron chi connectivity index (χ2n) is 3.30. The molecule has 1 atom stereocenters. The molecule has 1 rings (SSSR count). The van der Waals surface area contributed by atoms with Gasteiger partial charge in [0.15, 0.2) is 0 Å². The number of benzene rings is 1. The highest BCUT2D eigenvalue weighted by Gasteiger charge is 2.00. The molecule has 0 bridgehead atoms. The Morgan fingerprint density at radius 3 is 2.85 bits per heavy atom. The van der Waals surface area contributed by atoms with E-state index in [9.17, 15) is 0 Å². The molecule has 0 aromatic heterocycles. The van der Waals surface area contributed by atoms with E-state index in [0.717, 1.165) is 12.2 Å². The summed E-state index contributed by atoms with van der Waals surface area (Å²) in [5.74, 6) is 1.01. The fourth-order valence-corrected chi connectivity index (χ4v) is 2.11. The van der Waals surface area contributed by atoms with Gasteiger partial charge in [0, 0.05) is 16.7 Å². The molecule has 0 unspecified atom stereocenters.